The van der Waals surface area contributed by atoms with Gasteiger partial charge in [-0.05, 0) is 61.5 Å². The van der Waals surface area contributed by atoms with Gasteiger partial charge in [0.05, 0.1) is 7.11 Å². The number of piperidine rings is 1. The Hall–Kier alpha value is -1.78. The smallest absolute Gasteiger partial charge is 0.114 e. The fourth-order valence-corrected chi connectivity index (χ4v) is 5.42. The van der Waals surface area contributed by atoms with Gasteiger partial charge in [-0.1, -0.05) is 24.6 Å². The quantitative estimate of drug-likeness (QED) is 0.829. The van der Waals surface area contributed by atoms with Crippen LogP contribution in [0.15, 0.2) is 59.6 Å². The normalized spacial score (nSPS) is 35.0. The Morgan fingerprint density at radius 2 is 1.89 bits per heavy atom. The molecule has 3 heterocycles. The van der Waals surface area contributed by atoms with Gasteiger partial charge >= 0.3 is 0 Å². The molecule has 2 aliphatic carbocycles. The van der Waals surface area contributed by atoms with Gasteiger partial charge in [0.15, 0.2) is 0 Å². The van der Waals surface area contributed by atoms with Crippen LogP contribution in [0.1, 0.15) is 19.3 Å². The van der Waals surface area contributed by atoms with Crippen LogP contribution in [-0.2, 0) is 4.74 Å². The van der Waals surface area contributed by atoms with Gasteiger partial charge in [-0.15, -0.1) is 0 Å². The summed E-state index contributed by atoms with van der Waals surface area (Å²) in [5, 5.41) is 3.81. The summed E-state index contributed by atoms with van der Waals surface area (Å²) < 4.78 is 5.52. The lowest BCUT2D eigenvalue weighted by molar-refractivity contribution is 0.205. The van der Waals surface area contributed by atoms with Crippen molar-refractivity contribution in [2.24, 2.45) is 11.8 Å². The van der Waals surface area contributed by atoms with Crippen LogP contribution in [0.4, 0.5) is 0 Å². The predicted octanol–water partition coefficient (Wildman–Crippen LogP) is 2.84. The number of allylic oxidation sites excluding steroid dienone is 4. The highest BCUT2D eigenvalue weighted by molar-refractivity contribution is 5.47. The maximum atomic E-state index is 5.52. The van der Waals surface area contributed by atoms with E-state index in [9.17, 15) is 0 Å². The number of hydrogen-bond acceptors (Lipinski definition) is 4. The number of fused-ring (bicyclic) bond motifs is 4. The van der Waals surface area contributed by atoms with Crippen molar-refractivity contribution in [3.63, 3.8) is 0 Å². The van der Waals surface area contributed by atoms with E-state index in [2.05, 4.69) is 57.8 Å². The second-order valence-corrected chi connectivity index (χ2v) is 8.48. The molecule has 0 amide bonds. The van der Waals surface area contributed by atoms with E-state index in [0.29, 0.717) is 23.9 Å². The van der Waals surface area contributed by atoms with E-state index in [4.69, 9.17) is 4.74 Å². The molecule has 2 saturated heterocycles. The minimum atomic E-state index is 0.420. The van der Waals surface area contributed by atoms with Gasteiger partial charge in [0.1, 0.15) is 5.76 Å². The van der Waals surface area contributed by atoms with E-state index in [0.717, 1.165) is 18.8 Å². The fraction of sp³-hybridized carbons (Fsp3) is 0.565. The Morgan fingerprint density at radius 3 is 2.74 bits per heavy atom. The number of rotatable bonds is 4. The zero-order chi connectivity index (χ0) is 18.2. The molecule has 5 aliphatic rings. The van der Waals surface area contributed by atoms with E-state index in [-0.39, 0.29) is 0 Å². The molecule has 0 radical (unpaired) electrons. The maximum Gasteiger partial charge on any atom is 0.114 e. The third-order valence-electron chi connectivity index (χ3n) is 6.91. The van der Waals surface area contributed by atoms with Crippen LogP contribution in [0.3, 0.4) is 0 Å². The summed E-state index contributed by atoms with van der Waals surface area (Å²) in [6, 6.07) is 0.856. The van der Waals surface area contributed by atoms with E-state index >= 15 is 0 Å². The molecule has 2 fully saturated rings. The minimum absolute atomic E-state index is 0.420. The molecule has 0 spiro atoms. The van der Waals surface area contributed by atoms with Crippen molar-refractivity contribution in [2.75, 3.05) is 39.8 Å². The zero-order valence-corrected chi connectivity index (χ0v) is 16.3. The van der Waals surface area contributed by atoms with Gasteiger partial charge in [0.2, 0.25) is 0 Å². The Labute approximate surface area is 162 Å². The monoisotopic (exact) mass is 365 g/mol. The zero-order valence-electron chi connectivity index (χ0n) is 16.3. The van der Waals surface area contributed by atoms with Gasteiger partial charge < -0.3 is 19.9 Å². The maximum absolute atomic E-state index is 5.52. The molecule has 4 atom stereocenters. The molecule has 4 unspecified atom stereocenters. The van der Waals surface area contributed by atoms with Crippen LogP contribution >= 0.6 is 0 Å². The SMILES string of the molecule is COC1=CC2C(C=C1)NC1C=CC3=C(CN(CCN4CCCCC4)C=C3)C12. The number of nitrogens with zero attached hydrogens (tertiary/aromatic N) is 2. The molecule has 0 aromatic heterocycles. The minimum Gasteiger partial charge on any atom is -0.497 e. The largest absolute Gasteiger partial charge is 0.497 e. The van der Waals surface area contributed by atoms with E-state index < -0.39 is 0 Å². The molecule has 0 aromatic rings. The van der Waals surface area contributed by atoms with E-state index in [1.165, 1.54) is 44.5 Å². The Bertz CT molecular complexity index is 726. The summed E-state index contributed by atoms with van der Waals surface area (Å²) >= 11 is 0. The molecule has 1 N–H and O–H groups in total. The molecule has 4 heteroatoms. The summed E-state index contributed by atoms with van der Waals surface area (Å²) in [6.07, 6.45) is 20.2. The molecule has 27 heavy (non-hydrogen) atoms. The van der Waals surface area contributed by atoms with Crippen LogP contribution in [0.2, 0.25) is 0 Å². The van der Waals surface area contributed by atoms with Crippen LogP contribution in [0, 0.1) is 11.8 Å². The first kappa shape index (κ1) is 17.3. The highest BCUT2D eigenvalue weighted by Crippen LogP contribution is 2.43. The van der Waals surface area contributed by atoms with Crippen LogP contribution in [-0.4, -0.2) is 61.7 Å². The van der Waals surface area contributed by atoms with Gasteiger partial charge in [0, 0.05) is 43.6 Å². The van der Waals surface area contributed by atoms with E-state index in [1.54, 1.807) is 12.7 Å². The molecule has 0 bridgehead atoms. The van der Waals surface area contributed by atoms with Crippen LogP contribution < -0.4 is 5.32 Å². The van der Waals surface area contributed by atoms with Crippen molar-refractivity contribution in [1.29, 1.82) is 0 Å². The van der Waals surface area contributed by atoms with Crippen molar-refractivity contribution in [1.82, 2.24) is 15.1 Å². The number of hydrogen-bond donors (Lipinski definition) is 1. The summed E-state index contributed by atoms with van der Waals surface area (Å²) in [7, 11) is 1.77. The second kappa shape index (κ2) is 7.33. The van der Waals surface area contributed by atoms with Gasteiger partial charge in [0.25, 0.3) is 0 Å². The average Bonchev–Trinajstić information content (AvgIpc) is 3.11. The van der Waals surface area contributed by atoms with E-state index in [1.807, 2.05) is 0 Å². The molecular weight excluding hydrogens is 334 g/mol. The molecule has 3 aliphatic heterocycles. The summed E-state index contributed by atoms with van der Waals surface area (Å²) in [4.78, 5) is 5.16. The molecule has 4 nitrogen and oxygen atoms in total. The highest BCUT2D eigenvalue weighted by Gasteiger charge is 2.45. The topological polar surface area (TPSA) is 27.7 Å². The molecule has 0 aromatic carbocycles. The fourth-order valence-electron chi connectivity index (χ4n) is 5.42. The molecule has 144 valence electrons. The Morgan fingerprint density at radius 1 is 1.04 bits per heavy atom. The summed E-state index contributed by atoms with van der Waals surface area (Å²) in [5.41, 5.74) is 3.03. The lowest BCUT2D eigenvalue weighted by Crippen LogP contribution is -2.39. The number of nitrogens with one attached hydrogen (secondary N) is 1. The predicted molar refractivity (Wildman–Crippen MR) is 109 cm³/mol. The van der Waals surface area contributed by atoms with Gasteiger partial charge in [-0.3, -0.25) is 0 Å². The van der Waals surface area contributed by atoms with Crippen molar-refractivity contribution in [3.8, 4) is 0 Å². The lowest BCUT2D eigenvalue weighted by Gasteiger charge is -2.37. The standard InChI is InChI=1S/C23H31N3O/c1-27-18-6-8-21-19(15-18)23-20-16-26(14-13-25-10-3-2-4-11-25)12-9-17(20)5-7-22(23)24-21/h5-9,12,15,19,21-24H,2-4,10-11,13-14,16H2,1H3. The average molecular weight is 366 g/mol. The molecule has 0 saturated carbocycles. The first-order chi connectivity index (χ1) is 13.3. The number of ether oxygens (including phenoxy) is 1. The first-order valence-corrected chi connectivity index (χ1v) is 10.6. The van der Waals surface area contributed by atoms with Crippen LogP contribution in [0.5, 0.6) is 0 Å². The number of methoxy groups -OCH3 is 1. The molecular formula is C23H31N3O. The van der Waals surface area contributed by atoms with Crippen molar-refractivity contribution in [3.05, 3.63) is 59.6 Å². The van der Waals surface area contributed by atoms with Crippen molar-refractivity contribution >= 4 is 0 Å². The van der Waals surface area contributed by atoms with Gasteiger partial charge in [-0.25, -0.2) is 0 Å². The lowest BCUT2D eigenvalue weighted by atomic mass is 9.75. The van der Waals surface area contributed by atoms with Gasteiger partial charge in [-0.2, -0.15) is 0 Å². The Balaban J connectivity index is 1.30. The molecule has 5 rings (SSSR count). The van der Waals surface area contributed by atoms with Crippen LogP contribution in [0.25, 0.3) is 0 Å². The summed E-state index contributed by atoms with van der Waals surface area (Å²) in [5.74, 6) is 2.02. The number of likely N-dealkylation sites (tertiary alicyclic amines) is 1. The second-order valence-electron chi connectivity index (χ2n) is 8.48. The van der Waals surface area contributed by atoms with Crippen molar-refractivity contribution in [2.45, 2.75) is 31.3 Å². The highest BCUT2D eigenvalue weighted by atomic mass is 16.5. The Kier molecular flexibility index (Phi) is 4.70. The van der Waals surface area contributed by atoms with Crippen molar-refractivity contribution < 1.29 is 4.74 Å². The first-order valence-electron chi connectivity index (χ1n) is 10.6. The third-order valence-corrected chi connectivity index (χ3v) is 6.91. The summed E-state index contributed by atoms with van der Waals surface area (Å²) in [6.45, 7) is 5.95. The third kappa shape index (κ3) is 3.30.